The summed E-state index contributed by atoms with van der Waals surface area (Å²) in [6.45, 7) is 4.79. The molecule has 4 rings (SSSR count). The van der Waals surface area contributed by atoms with Crippen LogP contribution in [0.1, 0.15) is 5.56 Å². The molecule has 0 aliphatic carbocycles. The zero-order chi connectivity index (χ0) is 20.9. The maximum Gasteiger partial charge on any atom is 0.321 e. The van der Waals surface area contributed by atoms with Gasteiger partial charge in [-0.15, -0.1) is 6.42 Å². The Morgan fingerprint density at radius 1 is 1.20 bits per heavy atom. The minimum Gasteiger partial charge on any atom is -0.424 e. The molecule has 1 saturated heterocycles. The van der Waals surface area contributed by atoms with Crippen LogP contribution in [0.2, 0.25) is 0 Å². The molecule has 3 heterocycles. The number of amides is 1. The van der Waals surface area contributed by atoms with Crippen molar-refractivity contribution in [3.05, 3.63) is 73.3 Å². The number of rotatable bonds is 6. The molecule has 0 spiro atoms. The standard InChI is InChI=1S/C23H19N5O2/c1-3-16-6-5-7-21(8-16)30-23-25-11-18(12-26-23)17-9-19(13-24-10-17)27-20-14-28(15-20)22(29)4-2/h1,4-13,20,27H,2,14-15H2. The lowest BCUT2D eigenvalue weighted by molar-refractivity contribution is -0.129. The number of terminal acetylenes is 1. The van der Waals surface area contributed by atoms with Crippen molar-refractivity contribution in [1.29, 1.82) is 0 Å². The molecule has 1 aliphatic rings. The summed E-state index contributed by atoms with van der Waals surface area (Å²) in [5.74, 6) is 3.09. The molecule has 7 nitrogen and oxygen atoms in total. The monoisotopic (exact) mass is 397 g/mol. The molecule has 30 heavy (non-hydrogen) atoms. The van der Waals surface area contributed by atoms with Crippen LogP contribution in [0.15, 0.2) is 67.8 Å². The Morgan fingerprint density at radius 2 is 2.00 bits per heavy atom. The Morgan fingerprint density at radius 3 is 2.73 bits per heavy atom. The SMILES string of the molecule is C#Cc1cccc(Oc2ncc(-c3cncc(NC4CN(C(=O)C=C)C4)c3)cn2)c1. The molecule has 0 radical (unpaired) electrons. The number of pyridine rings is 1. The van der Waals surface area contributed by atoms with Crippen LogP contribution in [0, 0.1) is 12.3 Å². The van der Waals surface area contributed by atoms with Gasteiger partial charge in [-0.25, -0.2) is 9.97 Å². The van der Waals surface area contributed by atoms with E-state index in [1.54, 1.807) is 41.8 Å². The zero-order valence-electron chi connectivity index (χ0n) is 16.2. The molecule has 7 heteroatoms. The molecule has 0 unspecified atom stereocenters. The fourth-order valence-electron chi connectivity index (χ4n) is 3.06. The molecular weight excluding hydrogens is 378 g/mol. The number of aromatic nitrogens is 3. The summed E-state index contributed by atoms with van der Waals surface area (Å²) in [5.41, 5.74) is 3.28. The number of hydrogen-bond donors (Lipinski definition) is 1. The highest BCUT2D eigenvalue weighted by molar-refractivity contribution is 5.87. The van der Waals surface area contributed by atoms with Crippen molar-refractivity contribution in [2.24, 2.45) is 0 Å². The largest absolute Gasteiger partial charge is 0.424 e. The van der Waals surface area contributed by atoms with Crippen LogP contribution in [0.25, 0.3) is 11.1 Å². The van der Waals surface area contributed by atoms with Crippen molar-refractivity contribution in [3.8, 4) is 35.2 Å². The normalized spacial score (nSPS) is 13.1. The number of likely N-dealkylation sites (tertiary alicyclic amines) is 1. The van der Waals surface area contributed by atoms with Gasteiger partial charge in [0, 0.05) is 54.6 Å². The predicted molar refractivity (Wildman–Crippen MR) is 114 cm³/mol. The third-order valence-corrected chi connectivity index (χ3v) is 4.65. The fraction of sp³-hybridized carbons (Fsp3) is 0.130. The van der Waals surface area contributed by atoms with Crippen LogP contribution in [0.5, 0.6) is 11.8 Å². The van der Waals surface area contributed by atoms with Gasteiger partial charge in [0.05, 0.1) is 11.7 Å². The summed E-state index contributed by atoms with van der Waals surface area (Å²) >= 11 is 0. The minimum absolute atomic E-state index is 0.0506. The third-order valence-electron chi connectivity index (χ3n) is 4.65. The first-order valence-corrected chi connectivity index (χ1v) is 9.34. The van der Waals surface area contributed by atoms with Gasteiger partial charge in [0.2, 0.25) is 5.91 Å². The van der Waals surface area contributed by atoms with E-state index >= 15 is 0 Å². The van der Waals surface area contributed by atoms with Gasteiger partial charge in [-0.2, -0.15) is 0 Å². The van der Waals surface area contributed by atoms with E-state index in [0.717, 1.165) is 22.4 Å². The summed E-state index contributed by atoms with van der Waals surface area (Å²) < 4.78 is 5.66. The second-order valence-electron chi connectivity index (χ2n) is 6.78. The number of anilines is 1. The van der Waals surface area contributed by atoms with Crippen molar-refractivity contribution in [2.75, 3.05) is 18.4 Å². The third kappa shape index (κ3) is 4.28. The summed E-state index contributed by atoms with van der Waals surface area (Å²) in [6, 6.07) is 9.58. The van der Waals surface area contributed by atoms with E-state index in [1.807, 2.05) is 18.2 Å². The lowest BCUT2D eigenvalue weighted by atomic mass is 10.1. The fourth-order valence-corrected chi connectivity index (χ4v) is 3.06. The van der Waals surface area contributed by atoms with Gasteiger partial charge in [-0.05, 0) is 30.3 Å². The highest BCUT2D eigenvalue weighted by Gasteiger charge is 2.29. The predicted octanol–water partition coefficient (Wildman–Crippen LogP) is 3.12. The Kier molecular flexibility index (Phi) is 5.39. The average Bonchev–Trinajstić information content (AvgIpc) is 2.76. The highest BCUT2D eigenvalue weighted by Crippen LogP contribution is 2.24. The van der Waals surface area contributed by atoms with Crippen LogP contribution < -0.4 is 10.1 Å². The lowest BCUT2D eigenvalue weighted by Crippen LogP contribution is -2.56. The van der Waals surface area contributed by atoms with Crippen molar-refractivity contribution in [1.82, 2.24) is 19.9 Å². The van der Waals surface area contributed by atoms with E-state index in [-0.39, 0.29) is 18.0 Å². The number of benzene rings is 1. The highest BCUT2D eigenvalue weighted by atomic mass is 16.5. The van der Waals surface area contributed by atoms with Gasteiger partial charge in [0.1, 0.15) is 5.75 Å². The maximum atomic E-state index is 11.5. The molecule has 1 N–H and O–H groups in total. The topological polar surface area (TPSA) is 80.2 Å². The molecular formula is C23H19N5O2. The quantitative estimate of drug-likeness (QED) is 0.509. The Bertz CT molecular complexity index is 1110. The summed E-state index contributed by atoms with van der Waals surface area (Å²) in [4.78, 5) is 26.1. The number of carbonyl (C=O) groups is 1. The number of hydrogen-bond acceptors (Lipinski definition) is 6. The first-order chi connectivity index (χ1) is 14.6. The number of carbonyl (C=O) groups excluding carboxylic acids is 1. The first-order valence-electron chi connectivity index (χ1n) is 9.34. The molecule has 0 atom stereocenters. The van der Waals surface area contributed by atoms with Crippen LogP contribution in [0.4, 0.5) is 5.69 Å². The summed E-state index contributed by atoms with van der Waals surface area (Å²) in [7, 11) is 0. The molecule has 3 aromatic rings. The molecule has 2 aromatic heterocycles. The van der Waals surface area contributed by atoms with Crippen molar-refractivity contribution in [3.63, 3.8) is 0 Å². The Hall–Kier alpha value is -4.18. The summed E-state index contributed by atoms with van der Waals surface area (Å²) in [6.07, 6.45) is 13.6. The molecule has 148 valence electrons. The molecule has 1 aliphatic heterocycles. The zero-order valence-corrected chi connectivity index (χ0v) is 16.2. The van der Waals surface area contributed by atoms with Gasteiger partial charge in [0.15, 0.2) is 0 Å². The Balaban J connectivity index is 1.41. The van der Waals surface area contributed by atoms with Gasteiger partial charge < -0.3 is 15.0 Å². The van der Waals surface area contributed by atoms with E-state index in [1.165, 1.54) is 6.08 Å². The van der Waals surface area contributed by atoms with Crippen LogP contribution >= 0.6 is 0 Å². The molecule has 1 fully saturated rings. The second kappa shape index (κ2) is 8.45. The van der Waals surface area contributed by atoms with Gasteiger partial charge >= 0.3 is 6.01 Å². The van der Waals surface area contributed by atoms with Crippen molar-refractivity contribution >= 4 is 11.6 Å². The van der Waals surface area contributed by atoms with Crippen molar-refractivity contribution in [2.45, 2.75) is 6.04 Å². The average molecular weight is 397 g/mol. The van der Waals surface area contributed by atoms with Crippen LogP contribution in [0.3, 0.4) is 0 Å². The Labute approximate surface area is 174 Å². The van der Waals surface area contributed by atoms with Crippen LogP contribution in [-0.4, -0.2) is 44.9 Å². The maximum absolute atomic E-state index is 11.5. The lowest BCUT2D eigenvalue weighted by Gasteiger charge is -2.39. The first kappa shape index (κ1) is 19.2. The minimum atomic E-state index is -0.0506. The summed E-state index contributed by atoms with van der Waals surface area (Å²) in [5, 5.41) is 3.38. The van der Waals surface area contributed by atoms with Gasteiger partial charge in [-0.3, -0.25) is 9.78 Å². The van der Waals surface area contributed by atoms with Gasteiger partial charge in [0.25, 0.3) is 0 Å². The van der Waals surface area contributed by atoms with Gasteiger partial charge in [-0.1, -0.05) is 18.6 Å². The number of nitrogens with one attached hydrogen (secondary N) is 1. The van der Waals surface area contributed by atoms with E-state index in [9.17, 15) is 4.79 Å². The number of ether oxygens (including phenoxy) is 1. The van der Waals surface area contributed by atoms with E-state index < -0.39 is 0 Å². The molecule has 1 aromatic carbocycles. The van der Waals surface area contributed by atoms with E-state index in [4.69, 9.17) is 11.2 Å². The smallest absolute Gasteiger partial charge is 0.321 e. The second-order valence-corrected chi connectivity index (χ2v) is 6.78. The van der Waals surface area contributed by atoms with E-state index in [2.05, 4.69) is 32.8 Å². The molecule has 0 saturated carbocycles. The van der Waals surface area contributed by atoms with Crippen molar-refractivity contribution < 1.29 is 9.53 Å². The van der Waals surface area contributed by atoms with E-state index in [0.29, 0.717) is 18.8 Å². The molecule has 1 amide bonds. The number of nitrogens with zero attached hydrogens (tertiary/aromatic N) is 4. The van der Waals surface area contributed by atoms with Crippen LogP contribution in [-0.2, 0) is 4.79 Å². The molecule has 0 bridgehead atoms.